The van der Waals surface area contributed by atoms with Crippen molar-refractivity contribution in [2.45, 2.75) is 19.3 Å². The zero-order valence-electron chi connectivity index (χ0n) is 12.9. The molecule has 0 radical (unpaired) electrons. The summed E-state index contributed by atoms with van der Waals surface area (Å²) in [5.74, 6) is -0.164. The summed E-state index contributed by atoms with van der Waals surface area (Å²) in [6, 6.07) is 2.93. The average molecular weight is 362 g/mol. The molecule has 1 aliphatic rings. The summed E-state index contributed by atoms with van der Waals surface area (Å²) in [7, 11) is 1.44. The van der Waals surface area contributed by atoms with Gasteiger partial charge in [0, 0.05) is 19.2 Å². The van der Waals surface area contributed by atoms with Crippen molar-refractivity contribution in [2.24, 2.45) is 0 Å². The molecule has 0 aromatic heterocycles. The summed E-state index contributed by atoms with van der Waals surface area (Å²) in [4.78, 5) is 26.0. The standard InChI is InChI=1S/C15H20ClN3O3.ClH/c1-22-13-8-12(17)11(16)7-10(13)15(21)18-9-14(20)19-5-3-2-4-6-19;/h7-8H,2-6,9,17H2,1H3,(H,18,21);1H. The zero-order valence-corrected chi connectivity index (χ0v) is 14.5. The Morgan fingerprint density at radius 2 is 1.96 bits per heavy atom. The van der Waals surface area contributed by atoms with Gasteiger partial charge in [-0.05, 0) is 25.3 Å². The van der Waals surface area contributed by atoms with Crippen LogP contribution >= 0.6 is 24.0 Å². The predicted molar refractivity (Wildman–Crippen MR) is 92.4 cm³/mol. The Morgan fingerprint density at radius 3 is 2.57 bits per heavy atom. The number of piperidine rings is 1. The van der Waals surface area contributed by atoms with Crippen molar-refractivity contribution < 1.29 is 14.3 Å². The van der Waals surface area contributed by atoms with Crippen molar-refractivity contribution in [1.29, 1.82) is 0 Å². The van der Waals surface area contributed by atoms with Crippen LogP contribution in [0.25, 0.3) is 0 Å². The van der Waals surface area contributed by atoms with Gasteiger partial charge < -0.3 is 20.7 Å². The molecule has 3 N–H and O–H groups in total. The first-order valence-electron chi connectivity index (χ1n) is 7.22. The van der Waals surface area contributed by atoms with Crippen molar-refractivity contribution in [3.05, 3.63) is 22.7 Å². The molecule has 2 amide bonds. The number of ether oxygens (including phenoxy) is 1. The molecular formula is C15H21Cl2N3O3. The smallest absolute Gasteiger partial charge is 0.255 e. The number of nitrogens with zero attached hydrogens (tertiary/aromatic N) is 1. The van der Waals surface area contributed by atoms with E-state index in [4.69, 9.17) is 22.1 Å². The maximum atomic E-state index is 12.2. The minimum Gasteiger partial charge on any atom is -0.496 e. The molecule has 0 spiro atoms. The molecule has 0 bridgehead atoms. The summed E-state index contributed by atoms with van der Waals surface area (Å²) in [5.41, 5.74) is 6.27. The van der Waals surface area contributed by atoms with Crippen LogP contribution < -0.4 is 15.8 Å². The van der Waals surface area contributed by atoms with E-state index in [9.17, 15) is 9.59 Å². The zero-order chi connectivity index (χ0) is 16.1. The molecule has 1 aromatic rings. The largest absolute Gasteiger partial charge is 0.496 e. The normalized spacial score (nSPS) is 13.9. The third-order valence-electron chi connectivity index (χ3n) is 3.67. The molecule has 1 aromatic carbocycles. The first-order valence-corrected chi connectivity index (χ1v) is 7.59. The lowest BCUT2D eigenvalue weighted by Crippen LogP contribution is -2.42. The van der Waals surface area contributed by atoms with Crippen LogP contribution in [0.3, 0.4) is 0 Å². The fraction of sp³-hybridized carbons (Fsp3) is 0.467. The molecule has 6 nitrogen and oxygen atoms in total. The third kappa shape index (κ3) is 4.91. The number of hydrogen-bond acceptors (Lipinski definition) is 4. The molecule has 0 unspecified atom stereocenters. The highest BCUT2D eigenvalue weighted by Crippen LogP contribution is 2.28. The van der Waals surface area contributed by atoms with Gasteiger partial charge in [-0.3, -0.25) is 9.59 Å². The molecule has 1 aliphatic heterocycles. The number of hydrogen-bond donors (Lipinski definition) is 2. The van der Waals surface area contributed by atoms with E-state index in [1.54, 1.807) is 4.90 Å². The summed E-state index contributed by atoms with van der Waals surface area (Å²) >= 11 is 5.94. The topological polar surface area (TPSA) is 84.7 Å². The number of nitrogen functional groups attached to an aromatic ring is 1. The molecule has 128 valence electrons. The number of halogens is 2. The van der Waals surface area contributed by atoms with E-state index < -0.39 is 5.91 Å². The molecule has 0 aliphatic carbocycles. The third-order valence-corrected chi connectivity index (χ3v) is 4.00. The van der Waals surface area contributed by atoms with Gasteiger partial charge in [0.1, 0.15) is 5.75 Å². The molecule has 8 heteroatoms. The quantitative estimate of drug-likeness (QED) is 0.804. The fourth-order valence-corrected chi connectivity index (χ4v) is 2.59. The molecular weight excluding hydrogens is 341 g/mol. The van der Waals surface area contributed by atoms with Crippen LogP contribution in [0.1, 0.15) is 29.6 Å². The average Bonchev–Trinajstić information content (AvgIpc) is 2.55. The number of nitrogens with one attached hydrogen (secondary N) is 1. The van der Waals surface area contributed by atoms with Crippen LogP contribution in [0.2, 0.25) is 5.02 Å². The second-order valence-corrected chi connectivity index (χ2v) is 5.61. The van der Waals surface area contributed by atoms with E-state index in [0.29, 0.717) is 11.4 Å². The van der Waals surface area contributed by atoms with E-state index in [-0.39, 0.29) is 35.4 Å². The Kier molecular flexibility index (Phi) is 7.45. The number of anilines is 1. The Labute approximate surface area is 146 Å². The Morgan fingerprint density at radius 1 is 1.30 bits per heavy atom. The number of methoxy groups -OCH3 is 1. The minimum absolute atomic E-state index is 0. The van der Waals surface area contributed by atoms with Crippen LogP contribution in [0.5, 0.6) is 5.75 Å². The van der Waals surface area contributed by atoms with Crippen molar-refractivity contribution in [3.8, 4) is 5.75 Å². The van der Waals surface area contributed by atoms with Gasteiger partial charge in [-0.25, -0.2) is 0 Å². The van der Waals surface area contributed by atoms with Crippen LogP contribution in [0.4, 0.5) is 5.69 Å². The Bertz CT molecular complexity index is 575. The molecule has 1 heterocycles. The molecule has 0 saturated carbocycles. The maximum Gasteiger partial charge on any atom is 0.255 e. The van der Waals surface area contributed by atoms with Gasteiger partial charge in [-0.1, -0.05) is 11.6 Å². The number of amides is 2. The first kappa shape index (κ1) is 19.4. The lowest BCUT2D eigenvalue weighted by Gasteiger charge is -2.26. The van der Waals surface area contributed by atoms with Gasteiger partial charge in [-0.15, -0.1) is 12.4 Å². The predicted octanol–water partition coefficient (Wildman–Crippen LogP) is 2.09. The summed E-state index contributed by atoms with van der Waals surface area (Å²) in [5, 5.41) is 2.88. The molecule has 2 rings (SSSR count). The SMILES string of the molecule is COc1cc(N)c(Cl)cc1C(=O)NCC(=O)N1CCCCC1.Cl. The molecule has 1 fully saturated rings. The van der Waals surface area contributed by atoms with Crippen molar-refractivity contribution in [1.82, 2.24) is 10.2 Å². The summed E-state index contributed by atoms with van der Waals surface area (Å²) in [6.07, 6.45) is 3.18. The second-order valence-electron chi connectivity index (χ2n) is 5.20. The fourth-order valence-electron chi connectivity index (χ4n) is 2.42. The van der Waals surface area contributed by atoms with Crippen molar-refractivity contribution in [3.63, 3.8) is 0 Å². The number of carbonyl (C=O) groups is 2. The summed E-state index contributed by atoms with van der Waals surface area (Å²) < 4.78 is 5.13. The number of benzene rings is 1. The minimum atomic E-state index is -0.413. The Hall–Kier alpha value is -1.66. The van der Waals surface area contributed by atoms with Gasteiger partial charge in [0.15, 0.2) is 0 Å². The molecule has 23 heavy (non-hydrogen) atoms. The number of carbonyl (C=O) groups excluding carboxylic acids is 2. The van der Waals surface area contributed by atoms with E-state index in [1.165, 1.54) is 19.2 Å². The van der Waals surface area contributed by atoms with E-state index in [1.807, 2.05) is 0 Å². The second kappa shape index (κ2) is 8.84. The van der Waals surface area contributed by atoms with Crippen molar-refractivity contribution >= 4 is 41.5 Å². The van der Waals surface area contributed by atoms with Gasteiger partial charge in [-0.2, -0.15) is 0 Å². The van der Waals surface area contributed by atoms with Gasteiger partial charge in [0.05, 0.1) is 29.9 Å². The van der Waals surface area contributed by atoms with Crippen molar-refractivity contribution in [2.75, 3.05) is 32.5 Å². The highest BCUT2D eigenvalue weighted by Gasteiger charge is 2.19. The van der Waals surface area contributed by atoms with Crippen LogP contribution in [-0.4, -0.2) is 43.5 Å². The van der Waals surface area contributed by atoms with Crippen LogP contribution in [0, 0.1) is 0 Å². The molecule has 0 atom stereocenters. The Balaban J connectivity index is 0.00000264. The number of likely N-dealkylation sites (tertiary alicyclic amines) is 1. The lowest BCUT2D eigenvalue weighted by molar-refractivity contribution is -0.130. The monoisotopic (exact) mass is 361 g/mol. The van der Waals surface area contributed by atoms with E-state index in [2.05, 4.69) is 5.32 Å². The molecule has 1 saturated heterocycles. The van der Waals surface area contributed by atoms with Gasteiger partial charge >= 0.3 is 0 Å². The van der Waals surface area contributed by atoms with E-state index in [0.717, 1.165) is 32.4 Å². The first-order chi connectivity index (χ1) is 10.5. The van der Waals surface area contributed by atoms with Crippen LogP contribution in [-0.2, 0) is 4.79 Å². The maximum absolute atomic E-state index is 12.2. The highest BCUT2D eigenvalue weighted by molar-refractivity contribution is 6.33. The summed E-state index contributed by atoms with van der Waals surface area (Å²) in [6.45, 7) is 1.47. The number of rotatable bonds is 4. The van der Waals surface area contributed by atoms with Crippen LogP contribution in [0.15, 0.2) is 12.1 Å². The lowest BCUT2D eigenvalue weighted by atomic mass is 10.1. The van der Waals surface area contributed by atoms with Gasteiger partial charge in [0.2, 0.25) is 5.91 Å². The van der Waals surface area contributed by atoms with Gasteiger partial charge in [0.25, 0.3) is 5.91 Å². The highest BCUT2D eigenvalue weighted by atomic mass is 35.5. The number of nitrogens with two attached hydrogens (primary N) is 1. The van der Waals surface area contributed by atoms with E-state index >= 15 is 0 Å².